The van der Waals surface area contributed by atoms with E-state index >= 15 is 0 Å². The van der Waals surface area contributed by atoms with Crippen LogP contribution in [0.5, 0.6) is 0 Å². The first kappa shape index (κ1) is 20.7. The van der Waals surface area contributed by atoms with Crippen LogP contribution in [0.15, 0.2) is 36.4 Å². The van der Waals surface area contributed by atoms with Crippen LogP contribution in [0.2, 0.25) is 5.02 Å². The molecule has 1 amide bonds. The molecule has 144 valence electrons. The van der Waals surface area contributed by atoms with Crippen molar-refractivity contribution in [2.24, 2.45) is 0 Å². The molecule has 0 unspecified atom stereocenters. The van der Waals surface area contributed by atoms with Crippen LogP contribution in [-0.4, -0.2) is 36.1 Å². The highest BCUT2D eigenvalue weighted by molar-refractivity contribution is 6.31. The van der Waals surface area contributed by atoms with E-state index in [1.165, 1.54) is 6.07 Å². The first-order chi connectivity index (χ1) is 12.8. The molecule has 2 aromatic rings. The van der Waals surface area contributed by atoms with E-state index in [0.29, 0.717) is 28.7 Å². The van der Waals surface area contributed by atoms with Crippen LogP contribution in [0.3, 0.4) is 0 Å². The Labute approximate surface area is 164 Å². The molecule has 0 aliphatic carbocycles. The van der Waals surface area contributed by atoms with Crippen molar-refractivity contribution in [3.63, 3.8) is 0 Å². The summed E-state index contributed by atoms with van der Waals surface area (Å²) >= 11 is 6.19. The minimum atomic E-state index is -0.398. The van der Waals surface area contributed by atoms with Crippen molar-refractivity contribution in [2.45, 2.75) is 33.7 Å². The molecule has 0 aliphatic rings. The Hall–Kier alpha value is -2.60. The lowest BCUT2D eigenvalue weighted by Gasteiger charge is -2.26. The van der Waals surface area contributed by atoms with Crippen molar-refractivity contribution in [1.29, 1.82) is 0 Å². The Morgan fingerprint density at radius 1 is 1.19 bits per heavy atom. The van der Waals surface area contributed by atoms with Crippen molar-refractivity contribution in [3.8, 4) is 0 Å². The Kier molecular flexibility index (Phi) is 7.19. The van der Waals surface area contributed by atoms with E-state index < -0.39 is 5.97 Å². The average Bonchev–Trinajstić information content (AvgIpc) is 2.62. The van der Waals surface area contributed by atoms with Crippen molar-refractivity contribution >= 4 is 35.0 Å². The van der Waals surface area contributed by atoms with Gasteiger partial charge < -0.3 is 15.0 Å². The van der Waals surface area contributed by atoms with Crippen LogP contribution in [0, 0.1) is 0 Å². The predicted molar refractivity (Wildman–Crippen MR) is 108 cm³/mol. The second kappa shape index (κ2) is 9.37. The standard InChI is InChI=1S/C20H24ClN3O3/c1-5-24(13(3)4)18-12-15(21)11-17(23-18)19(25)22-16-9-7-14(8-10-16)20(26)27-6-2/h7-13H,5-6H2,1-4H3,(H,22,25). The number of ether oxygens (including phenoxy) is 1. The molecule has 1 aromatic carbocycles. The fourth-order valence-electron chi connectivity index (χ4n) is 2.64. The molecule has 1 aromatic heterocycles. The highest BCUT2D eigenvalue weighted by Gasteiger charge is 2.16. The number of hydrogen-bond donors (Lipinski definition) is 1. The average molecular weight is 390 g/mol. The molecule has 2 rings (SSSR count). The number of benzene rings is 1. The number of carbonyl (C=O) groups excluding carboxylic acids is 2. The Morgan fingerprint density at radius 3 is 2.41 bits per heavy atom. The SMILES string of the molecule is CCOC(=O)c1ccc(NC(=O)c2cc(Cl)cc(N(CC)C(C)C)n2)cc1. The maximum Gasteiger partial charge on any atom is 0.338 e. The van der Waals surface area contributed by atoms with E-state index in [0.717, 1.165) is 6.54 Å². The quantitative estimate of drug-likeness (QED) is 0.710. The smallest absolute Gasteiger partial charge is 0.338 e. The maximum atomic E-state index is 12.6. The number of esters is 1. The summed E-state index contributed by atoms with van der Waals surface area (Å²) < 4.78 is 4.94. The number of pyridine rings is 1. The molecule has 7 heteroatoms. The number of nitrogens with one attached hydrogen (secondary N) is 1. The van der Waals surface area contributed by atoms with Gasteiger partial charge in [0, 0.05) is 23.3 Å². The molecular weight excluding hydrogens is 366 g/mol. The van der Waals surface area contributed by atoms with E-state index in [4.69, 9.17) is 16.3 Å². The topological polar surface area (TPSA) is 71.5 Å². The zero-order valence-corrected chi connectivity index (χ0v) is 16.7. The maximum absolute atomic E-state index is 12.6. The third kappa shape index (κ3) is 5.44. The van der Waals surface area contributed by atoms with Gasteiger partial charge in [-0.15, -0.1) is 0 Å². The summed E-state index contributed by atoms with van der Waals surface area (Å²) in [6.45, 7) is 8.94. The normalized spacial score (nSPS) is 10.6. The van der Waals surface area contributed by atoms with E-state index in [-0.39, 0.29) is 17.6 Å². The number of hydrogen-bond acceptors (Lipinski definition) is 5. The molecule has 0 atom stereocenters. The summed E-state index contributed by atoms with van der Waals surface area (Å²) in [5.74, 6) is -0.116. The molecule has 6 nitrogen and oxygen atoms in total. The number of anilines is 2. The van der Waals surface area contributed by atoms with Gasteiger partial charge in [-0.25, -0.2) is 9.78 Å². The van der Waals surface area contributed by atoms with Gasteiger partial charge in [-0.3, -0.25) is 4.79 Å². The zero-order valence-electron chi connectivity index (χ0n) is 16.0. The van der Waals surface area contributed by atoms with E-state index in [1.54, 1.807) is 37.3 Å². The van der Waals surface area contributed by atoms with Gasteiger partial charge in [0.15, 0.2) is 0 Å². The van der Waals surface area contributed by atoms with E-state index in [2.05, 4.69) is 29.0 Å². The summed E-state index contributed by atoms with van der Waals surface area (Å²) in [6, 6.07) is 9.98. The lowest BCUT2D eigenvalue weighted by molar-refractivity contribution is 0.0526. The molecule has 0 aliphatic heterocycles. The number of halogens is 1. The van der Waals surface area contributed by atoms with Crippen molar-refractivity contribution < 1.29 is 14.3 Å². The molecule has 0 fully saturated rings. The molecular formula is C20H24ClN3O3. The molecule has 0 radical (unpaired) electrons. The van der Waals surface area contributed by atoms with Crippen LogP contribution in [0.4, 0.5) is 11.5 Å². The zero-order chi connectivity index (χ0) is 20.0. The van der Waals surface area contributed by atoms with Gasteiger partial charge >= 0.3 is 5.97 Å². The lowest BCUT2D eigenvalue weighted by Crippen LogP contribution is -2.31. The first-order valence-corrected chi connectivity index (χ1v) is 9.26. The number of rotatable bonds is 7. The number of amides is 1. The molecule has 0 bridgehead atoms. The molecule has 0 spiro atoms. The monoisotopic (exact) mass is 389 g/mol. The second-order valence-corrected chi connectivity index (χ2v) is 6.60. The fourth-order valence-corrected chi connectivity index (χ4v) is 2.84. The molecule has 27 heavy (non-hydrogen) atoms. The summed E-state index contributed by atoms with van der Waals surface area (Å²) in [6.07, 6.45) is 0. The minimum Gasteiger partial charge on any atom is -0.462 e. The Balaban J connectivity index is 2.18. The van der Waals surface area contributed by atoms with Gasteiger partial charge in [0.2, 0.25) is 0 Å². The minimum absolute atomic E-state index is 0.228. The van der Waals surface area contributed by atoms with Crippen LogP contribution in [-0.2, 0) is 4.74 Å². The van der Waals surface area contributed by atoms with Crippen molar-refractivity contribution in [1.82, 2.24) is 4.98 Å². The highest BCUT2D eigenvalue weighted by atomic mass is 35.5. The van der Waals surface area contributed by atoms with Crippen molar-refractivity contribution in [2.75, 3.05) is 23.4 Å². The molecule has 1 heterocycles. The second-order valence-electron chi connectivity index (χ2n) is 6.16. The lowest BCUT2D eigenvalue weighted by atomic mass is 10.2. The van der Waals surface area contributed by atoms with Gasteiger partial charge in [-0.05, 0) is 64.1 Å². The van der Waals surface area contributed by atoms with Crippen LogP contribution >= 0.6 is 11.6 Å². The van der Waals surface area contributed by atoms with Gasteiger partial charge in [0.25, 0.3) is 5.91 Å². The van der Waals surface area contributed by atoms with Crippen LogP contribution < -0.4 is 10.2 Å². The first-order valence-electron chi connectivity index (χ1n) is 8.88. The molecule has 1 N–H and O–H groups in total. The van der Waals surface area contributed by atoms with E-state index in [9.17, 15) is 9.59 Å². The number of nitrogens with zero attached hydrogens (tertiary/aromatic N) is 2. The summed E-state index contributed by atoms with van der Waals surface area (Å²) in [5.41, 5.74) is 1.20. The Morgan fingerprint density at radius 2 is 1.85 bits per heavy atom. The third-order valence-corrected chi connectivity index (χ3v) is 4.14. The number of carbonyl (C=O) groups is 2. The van der Waals surface area contributed by atoms with E-state index in [1.807, 2.05) is 6.92 Å². The summed E-state index contributed by atoms with van der Waals surface area (Å²) in [5, 5.41) is 3.21. The Bertz CT molecular complexity index is 807. The number of aromatic nitrogens is 1. The van der Waals surface area contributed by atoms with Crippen LogP contribution in [0.25, 0.3) is 0 Å². The predicted octanol–water partition coefficient (Wildman–Crippen LogP) is 4.40. The fraction of sp³-hybridized carbons (Fsp3) is 0.350. The van der Waals surface area contributed by atoms with Gasteiger partial charge in [0.1, 0.15) is 11.5 Å². The van der Waals surface area contributed by atoms with Crippen molar-refractivity contribution in [3.05, 3.63) is 52.7 Å². The highest BCUT2D eigenvalue weighted by Crippen LogP contribution is 2.21. The largest absolute Gasteiger partial charge is 0.462 e. The molecule has 0 saturated heterocycles. The van der Waals surface area contributed by atoms with Gasteiger partial charge in [-0.2, -0.15) is 0 Å². The van der Waals surface area contributed by atoms with Gasteiger partial charge in [-0.1, -0.05) is 11.6 Å². The molecule has 0 saturated carbocycles. The van der Waals surface area contributed by atoms with Crippen LogP contribution in [0.1, 0.15) is 48.5 Å². The summed E-state index contributed by atoms with van der Waals surface area (Å²) in [4.78, 5) is 30.8. The third-order valence-electron chi connectivity index (χ3n) is 3.92. The van der Waals surface area contributed by atoms with Gasteiger partial charge in [0.05, 0.1) is 12.2 Å². The summed E-state index contributed by atoms with van der Waals surface area (Å²) in [7, 11) is 0.